The number of urea groups is 1. The number of hydrogen-bond acceptors (Lipinski definition) is 3. The van der Waals surface area contributed by atoms with Gasteiger partial charge in [-0.1, -0.05) is 0 Å². The summed E-state index contributed by atoms with van der Waals surface area (Å²) >= 11 is 3.16. The molecule has 0 saturated heterocycles. The third-order valence-corrected chi connectivity index (χ3v) is 1.67. The van der Waals surface area contributed by atoms with Crippen LogP contribution in [0.15, 0.2) is 22.8 Å². The molecule has 0 radical (unpaired) electrons. The first-order valence-electron chi connectivity index (χ1n) is 3.32. The van der Waals surface area contributed by atoms with E-state index in [1.807, 2.05) is 5.32 Å². The zero-order chi connectivity index (χ0) is 9.84. The molecular weight excluding hydrogens is 238 g/mol. The average Bonchev–Trinajstić information content (AvgIpc) is 2.04. The summed E-state index contributed by atoms with van der Waals surface area (Å²) in [6, 6.07) is 2.22. The van der Waals surface area contributed by atoms with Crippen LogP contribution in [0.2, 0.25) is 0 Å². The normalized spacial score (nSPS) is 9.31. The fraction of sp³-hybridized carbons (Fsp3) is 0. The summed E-state index contributed by atoms with van der Waals surface area (Å²) in [5, 5.41) is 1.90. The molecule has 1 aromatic rings. The molecule has 0 aliphatic heterocycles. The summed E-state index contributed by atoms with van der Waals surface area (Å²) in [6.45, 7) is 0. The van der Waals surface area contributed by atoms with Crippen LogP contribution in [0.25, 0.3) is 0 Å². The summed E-state index contributed by atoms with van der Waals surface area (Å²) in [5.74, 6) is -0.611. The summed E-state index contributed by atoms with van der Waals surface area (Å²) in [6.07, 6.45) is 1.45. The number of rotatable bonds is 1. The van der Waals surface area contributed by atoms with E-state index in [0.29, 0.717) is 0 Å². The van der Waals surface area contributed by atoms with Gasteiger partial charge in [0.2, 0.25) is 0 Å². The lowest BCUT2D eigenvalue weighted by atomic mass is 10.3. The number of carbonyl (C=O) groups is 2. The second-order valence-corrected chi connectivity index (χ2v) is 3.10. The van der Waals surface area contributed by atoms with E-state index in [1.54, 1.807) is 6.07 Å². The first-order chi connectivity index (χ1) is 6.09. The number of nitrogens with zero attached hydrogens (tertiary/aromatic N) is 1. The van der Waals surface area contributed by atoms with E-state index in [9.17, 15) is 9.59 Å². The Morgan fingerprint density at radius 3 is 2.62 bits per heavy atom. The smallest absolute Gasteiger partial charge is 0.319 e. The van der Waals surface area contributed by atoms with Crippen molar-refractivity contribution in [2.24, 2.45) is 5.73 Å². The largest absolute Gasteiger partial charge is 0.351 e. The molecule has 3 N–H and O–H groups in total. The fourth-order valence-corrected chi connectivity index (χ4v) is 0.921. The van der Waals surface area contributed by atoms with Crippen LogP contribution in [0.4, 0.5) is 4.79 Å². The fourth-order valence-electron chi connectivity index (χ4n) is 0.686. The van der Waals surface area contributed by atoms with Gasteiger partial charge in [-0.05, 0) is 28.1 Å². The van der Waals surface area contributed by atoms with Crippen LogP contribution in [0.5, 0.6) is 0 Å². The van der Waals surface area contributed by atoms with E-state index in [1.165, 1.54) is 12.3 Å². The number of hydrogen-bond donors (Lipinski definition) is 2. The van der Waals surface area contributed by atoms with Gasteiger partial charge in [0.15, 0.2) is 0 Å². The summed E-state index contributed by atoms with van der Waals surface area (Å²) in [7, 11) is 0. The maximum atomic E-state index is 11.1. The highest BCUT2D eigenvalue weighted by Gasteiger charge is 2.07. The standard InChI is InChI=1S/C7H6BrN3O2/c8-4-1-2-5(10-3-4)6(12)11-7(9)13/h1-3H,(H3,9,11,12,13). The Balaban J connectivity index is 2.78. The molecule has 6 heteroatoms. The highest BCUT2D eigenvalue weighted by atomic mass is 79.9. The van der Waals surface area contributed by atoms with Gasteiger partial charge in [0.05, 0.1) is 0 Å². The summed E-state index contributed by atoms with van der Waals surface area (Å²) in [5.41, 5.74) is 4.89. The van der Waals surface area contributed by atoms with Crippen LogP contribution >= 0.6 is 15.9 Å². The zero-order valence-electron chi connectivity index (χ0n) is 6.45. The van der Waals surface area contributed by atoms with Crippen LogP contribution < -0.4 is 11.1 Å². The summed E-state index contributed by atoms with van der Waals surface area (Å²) < 4.78 is 0.753. The highest BCUT2D eigenvalue weighted by molar-refractivity contribution is 9.10. The van der Waals surface area contributed by atoms with Crippen molar-refractivity contribution in [3.8, 4) is 0 Å². The second kappa shape index (κ2) is 3.99. The van der Waals surface area contributed by atoms with Gasteiger partial charge < -0.3 is 5.73 Å². The predicted octanol–water partition coefficient (Wildman–Crippen LogP) is 0.653. The Labute approximate surface area is 82.5 Å². The van der Waals surface area contributed by atoms with Gasteiger partial charge >= 0.3 is 6.03 Å². The van der Waals surface area contributed by atoms with Crippen molar-refractivity contribution in [3.05, 3.63) is 28.5 Å². The SMILES string of the molecule is NC(=O)NC(=O)c1ccc(Br)cn1. The van der Waals surface area contributed by atoms with Gasteiger partial charge in [-0.3, -0.25) is 10.1 Å². The van der Waals surface area contributed by atoms with Crippen molar-refractivity contribution >= 4 is 27.9 Å². The number of pyridine rings is 1. The molecule has 0 atom stereocenters. The second-order valence-electron chi connectivity index (χ2n) is 2.18. The Morgan fingerprint density at radius 1 is 1.46 bits per heavy atom. The molecule has 5 nitrogen and oxygen atoms in total. The molecule has 0 saturated carbocycles. The van der Waals surface area contributed by atoms with Gasteiger partial charge in [-0.15, -0.1) is 0 Å². The van der Waals surface area contributed by atoms with Gasteiger partial charge in [-0.2, -0.15) is 0 Å². The molecular formula is C7H6BrN3O2. The van der Waals surface area contributed by atoms with Crippen molar-refractivity contribution in [2.45, 2.75) is 0 Å². The van der Waals surface area contributed by atoms with E-state index < -0.39 is 11.9 Å². The maximum Gasteiger partial charge on any atom is 0.319 e. The number of carbonyl (C=O) groups excluding carboxylic acids is 2. The summed E-state index contributed by atoms with van der Waals surface area (Å²) in [4.78, 5) is 25.1. The van der Waals surface area contributed by atoms with Gasteiger partial charge in [-0.25, -0.2) is 9.78 Å². The number of aromatic nitrogens is 1. The topological polar surface area (TPSA) is 85.1 Å². The van der Waals surface area contributed by atoms with Crippen LogP contribution in [-0.4, -0.2) is 16.9 Å². The van der Waals surface area contributed by atoms with Crippen LogP contribution in [-0.2, 0) is 0 Å². The molecule has 1 aromatic heterocycles. The van der Waals surface area contributed by atoms with Gasteiger partial charge in [0.25, 0.3) is 5.91 Å². The number of halogens is 1. The number of nitrogens with two attached hydrogens (primary N) is 1. The highest BCUT2D eigenvalue weighted by Crippen LogP contribution is 2.06. The van der Waals surface area contributed by atoms with Gasteiger partial charge in [0, 0.05) is 10.7 Å². The maximum absolute atomic E-state index is 11.1. The number of amides is 3. The molecule has 0 aromatic carbocycles. The Bertz CT molecular complexity index is 336. The van der Waals surface area contributed by atoms with E-state index in [0.717, 1.165) is 4.47 Å². The zero-order valence-corrected chi connectivity index (χ0v) is 8.04. The van der Waals surface area contributed by atoms with Crippen molar-refractivity contribution in [1.82, 2.24) is 10.3 Å². The Hall–Kier alpha value is -1.43. The van der Waals surface area contributed by atoms with E-state index in [4.69, 9.17) is 5.73 Å². The monoisotopic (exact) mass is 243 g/mol. The third-order valence-electron chi connectivity index (χ3n) is 1.20. The molecule has 0 bridgehead atoms. The van der Waals surface area contributed by atoms with Crippen LogP contribution in [0, 0.1) is 0 Å². The molecule has 13 heavy (non-hydrogen) atoms. The number of nitrogens with one attached hydrogen (secondary N) is 1. The number of imide groups is 1. The molecule has 0 aliphatic carbocycles. The molecule has 3 amide bonds. The van der Waals surface area contributed by atoms with E-state index >= 15 is 0 Å². The van der Waals surface area contributed by atoms with E-state index in [2.05, 4.69) is 20.9 Å². The third kappa shape index (κ3) is 2.83. The first-order valence-corrected chi connectivity index (χ1v) is 4.11. The van der Waals surface area contributed by atoms with Crippen molar-refractivity contribution in [3.63, 3.8) is 0 Å². The lowest BCUT2D eigenvalue weighted by molar-refractivity contribution is 0.0961. The molecule has 0 fully saturated rings. The minimum atomic E-state index is -0.894. The lowest BCUT2D eigenvalue weighted by Crippen LogP contribution is -2.35. The van der Waals surface area contributed by atoms with Crippen LogP contribution in [0.3, 0.4) is 0 Å². The molecule has 1 rings (SSSR count). The molecule has 0 aliphatic rings. The Kier molecular flexibility index (Phi) is 2.97. The van der Waals surface area contributed by atoms with Crippen LogP contribution in [0.1, 0.15) is 10.5 Å². The van der Waals surface area contributed by atoms with Crippen molar-refractivity contribution < 1.29 is 9.59 Å². The molecule has 1 heterocycles. The molecule has 0 spiro atoms. The first kappa shape index (κ1) is 9.66. The molecule has 0 unspecified atom stereocenters. The lowest BCUT2D eigenvalue weighted by Gasteiger charge is -1.98. The minimum Gasteiger partial charge on any atom is -0.351 e. The van der Waals surface area contributed by atoms with Crippen molar-refractivity contribution in [2.75, 3.05) is 0 Å². The molecule has 68 valence electrons. The van der Waals surface area contributed by atoms with Crippen molar-refractivity contribution in [1.29, 1.82) is 0 Å². The average molecular weight is 244 g/mol. The predicted molar refractivity (Wildman–Crippen MR) is 49.0 cm³/mol. The van der Waals surface area contributed by atoms with Gasteiger partial charge in [0.1, 0.15) is 5.69 Å². The Morgan fingerprint density at radius 2 is 2.15 bits per heavy atom. The van der Waals surface area contributed by atoms with E-state index in [-0.39, 0.29) is 5.69 Å². The quantitative estimate of drug-likeness (QED) is 0.760. The number of primary amides is 1. The minimum absolute atomic E-state index is 0.141.